The normalized spacial score (nSPS) is 15.1. The molecule has 3 rings (SSSR count). The Labute approximate surface area is 159 Å². The summed E-state index contributed by atoms with van der Waals surface area (Å²) >= 11 is 1.60. The first-order valence-corrected chi connectivity index (χ1v) is 9.58. The molecule has 2 aromatic rings. The van der Waals surface area contributed by atoms with Crippen LogP contribution in [0.15, 0.2) is 29.6 Å². The van der Waals surface area contributed by atoms with Crippen molar-refractivity contribution in [3.63, 3.8) is 0 Å². The minimum atomic E-state index is -4.40. The maximum atomic E-state index is 12.5. The molecule has 0 saturated heterocycles. The number of aryl methyl sites for hydroxylation is 1. The Morgan fingerprint density at radius 3 is 2.63 bits per heavy atom. The molecule has 0 fully saturated rings. The molecule has 0 aliphatic heterocycles. The molecule has 4 nitrogen and oxygen atoms in total. The molecule has 0 bridgehead atoms. The number of carbonyl (C=O) groups excluding carboxylic acids is 1. The van der Waals surface area contributed by atoms with Gasteiger partial charge in [-0.3, -0.25) is 4.79 Å². The summed E-state index contributed by atoms with van der Waals surface area (Å²) in [4.78, 5) is 13.6. The third-order valence-electron chi connectivity index (χ3n) is 4.43. The Balaban J connectivity index is 1.46. The Morgan fingerprint density at radius 2 is 1.93 bits per heavy atom. The van der Waals surface area contributed by atoms with Gasteiger partial charge in [0.15, 0.2) is 0 Å². The molecule has 0 radical (unpaired) electrons. The Hall–Kier alpha value is -2.06. The maximum Gasteiger partial charge on any atom is 0.416 e. The maximum absolute atomic E-state index is 12.5. The van der Waals surface area contributed by atoms with Crippen molar-refractivity contribution in [3.05, 3.63) is 51.2 Å². The minimum absolute atomic E-state index is 0.00406. The standard InChI is InChI=1S/C19H20F3NO3S/c20-19(21,22)12-5-7-14(8-6-12)26-10-13(24)9-23-18(25)16-11-27-17-4-2-1-3-15(16)17/h5-8,11,13,24H,1-4,9-10H2,(H,23,25). The summed E-state index contributed by atoms with van der Waals surface area (Å²) < 4.78 is 42.8. The van der Waals surface area contributed by atoms with Crippen molar-refractivity contribution >= 4 is 17.2 Å². The fourth-order valence-corrected chi connectivity index (χ4v) is 4.11. The number of aliphatic hydroxyl groups is 1. The first-order valence-electron chi connectivity index (χ1n) is 8.70. The Bertz CT molecular complexity index is 786. The van der Waals surface area contributed by atoms with E-state index in [9.17, 15) is 23.1 Å². The van der Waals surface area contributed by atoms with Gasteiger partial charge < -0.3 is 15.2 Å². The number of carbonyl (C=O) groups is 1. The molecule has 0 saturated carbocycles. The zero-order valence-electron chi connectivity index (χ0n) is 14.5. The van der Waals surface area contributed by atoms with Crippen LogP contribution in [0.4, 0.5) is 13.2 Å². The number of ether oxygens (including phenoxy) is 1. The van der Waals surface area contributed by atoms with E-state index in [1.54, 1.807) is 11.3 Å². The number of alkyl halides is 3. The summed E-state index contributed by atoms with van der Waals surface area (Å²) in [5.41, 5.74) is 1.02. The number of rotatable bonds is 6. The van der Waals surface area contributed by atoms with E-state index in [0.717, 1.165) is 43.4 Å². The second-order valence-electron chi connectivity index (χ2n) is 6.46. The summed E-state index contributed by atoms with van der Waals surface area (Å²) in [6.07, 6.45) is -1.23. The minimum Gasteiger partial charge on any atom is -0.491 e. The van der Waals surface area contributed by atoms with Crippen molar-refractivity contribution in [2.75, 3.05) is 13.2 Å². The number of nitrogens with one attached hydrogen (secondary N) is 1. The van der Waals surface area contributed by atoms with Crippen molar-refractivity contribution in [1.82, 2.24) is 5.32 Å². The number of amides is 1. The van der Waals surface area contributed by atoms with Gasteiger partial charge >= 0.3 is 6.18 Å². The molecule has 1 atom stereocenters. The van der Waals surface area contributed by atoms with Crippen LogP contribution in [0.2, 0.25) is 0 Å². The van der Waals surface area contributed by atoms with Gasteiger partial charge in [-0.15, -0.1) is 11.3 Å². The predicted molar refractivity (Wildman–Crippen MR) is 96.2 cm³/mol. The van der Waals surface area contributed by atoms with E-state index < -0.39 is 17.8 Å². The molecule has 1 aromatic carbocycles. The SMILES string of the molecule is O=C(NCC(O)COc1ccc(C(F)(F)F)cc1)c1csc2c1CCCC2. The number of halogens is 3. The summed E-state index contributed by atoms with van der Waals surface area (Å²) in [5.74, 6) is 0.00302. The number of thiophene rings is 1. The van der Waals surface area contributed by atoms with Crippen LogP contribution in [0.25, 0.3) is 0 Å². The third-order valence-corrected chi connectivity index (χ3v) is 5.52. The van der Waals surface area contributed by atoms with Crippen LogP contribution >= 0.6 is 11.3 Å². The number of aliphatic hydroxyl groups excluding tert-OH is 1. The lowest BCUT2D eigenvalue weighted by atomic mass is 9.95. The highest BCUT2D eigenvalue weighted by atomic mass is 32.1. The quantitative estimate of drug-likeness (QED) is 0.777. The fraction of sp³-hybridized carbons (Fsp3) is 0.421. The molecular formula is C19H20F3NO3S. The van der Waals surface area contributed by atoms with Crippen LogP contribution in [0.1, 0.15) is 39.2 Å². The van der Waals surface area contributed by atoms with E-state index in [4.69, 9.17) is 4.74 Å². The highest BCUT2D eigenvalue weighted by Gasteiger charge is 2.30. The highest BCUT2D eigenvalue weighted by Crippen LogP contribution is 2.31. The summed E-state index contributed by atoms with van der Waals surface area (Å²) in [6.45, 7) is -0.128. The zero-order chi connectivity index (χ0) is 19.4. The van der Waals surface area contributed by atoms with Crippen molar-refractivity contribution in [2.24, 2.45) is 0 Å². The molecule has 1 aliphatic carbocycles. The van der Waals surface area contributed by atoms with Gasteiger partial charge in [-0.1, -0.05) is 0 Å². The van der Waals surface area contributed by atoms with E-state index in [2.05, 4.69) is 5.32 Å². The smallest absolute Gasteiger partial charge is 0.416 e. The number of hydrogen-bond donors (Lipinski definition) is 2. The van der Waals surface area contributed by atoms with Crippen LogP contribution in [0.5, 0.6) is 5.75 Å². The van der Waals surface area contributed by atoms with E-state index in [1.165, 1.54) is 17.0 Å². The number of hydrogen-bond acceptors (Lipinski definition) is 4. The molecule has 2 N–H and O–H groups in total. The first-order chi connectivity index (χ1) is 12.8. The van der Waals surface area contributed by atoms with Crippen molar-refractivity contribution in [2.45, 2.75) is 38.0 Å². The van der Waals surface area contributed by atoms with Gasteiger partial charge in [0.1, 0.15) is 18.5 Å². The Morgan fingerprint density at radius 1 is 1.22 bits per heavy atom. The van der Waals surface area contributed by atoms with Crippen LogP contribution in [-0.2, 0) is 19.0 Å². The van der Waals surface area contributed by atoms with Gasteiger partial charge in [-0.05, 0) is 55.5 Å². The third kappa shape index (κ3) is 5.01. The van der Waals surface area contributed by atoms with Crippen molar-refractivity contribution in [1.29, 1.82) is 0 Å². The molecule has 1 heterocycles. The molecule has 1 aliphatic rings. The molecule has 27 heavy (non-hydrogen) atoms. The van der Waals surface area contributed by atoms with Gasteiger partial charge in [-0.2, -0.15) is 13.2 Å². The largest absolute Gasteiger partial charge is 0.491 e. The van der Waals surface area contributed by atoms with Gasteiger partial charge in [0.25, 0.3) is 5.91 Å². The van der Waals surface area contributed by atoms with Gasteiger partial charge in [0, 0.05) is 16.8 Å². The van der Waals surface area contributed by atoms with Crippen LogP contribution in [0.3, 0.4) is 0 Å². The molecule has 0 spiro atoms. The van der Waals surface area contributed by atoms with Crippen molar-refractivity contribution < 1.29 is 27.8 Å². The molecule has 1 aromatic heterocycles. The van der Waals surface area contributed by atoms with Crippen LogP contribution in [-0.4, -0.2) is 30.3 Å². The molecule has 8 heteroatoms. The van der Waals surface area contributed by atoms with E-state index in [0.29, 0.717) is 5.56 Å². The first kappa shape index (κ1) is 19.7. The lowest BCUT2D eigenvalue weighted by Crippen LogP contribution is -2.35. The zero-order valence-corrected chi connectivity index (χ0v) is 15.3. The van der Waals surface area contributed by atoms with E-state index in [1.807, 2.05) is 5.38 Å². The summed E-state index contributed by atoms with van der Waals surface area (Å²) in [6, 6.07) is 4.24. The van der Waals surface area contributed by atoms with Gasteiger partial charge in [0.05, 0.1) is 11.1 Å². The van der Waals surface area contributed by atoms with Crippen LogP contribution in [0, 0.1) is 0 Å². The number of benzene rings is 1. The average molecular weight is 399 g/mol. The number of fused-ring (bicyclic) bond motifs is 1. The molecule has 1 unspecified atom stereocenters. The average Bonchev–Trinajstić information content (AvgIpc) is 3.08. The van der Waals surface area contributed by atoms with Crippen molar-refractivity contribution in [3.8, 4) is 5.75 Å². The molecule has 146 valence electrons. The highest BCUT2D eigenvalue weighted by molar-refractivity contribution is 7.10. The predicted octanol–water partition coefficient (Wildman–Crippen LogP) is 3.82. The lowest BCUT2D eigenvalue weighted by molar-refractivity contribution is -0.137. The second kappa shape index (κ2) is 8.31. The Kier molecular flexibility index (Phi) is 6.06. The van der Waals surface area contributed by atoms with E-state index in [-0.39, 0.29) is 24.8 Å². The molecular weight excluding hydrogens is 379 g/mol. The lowest BCUT2D eigenvalue weighted by Gasteiger charge is -2.15. The molecule has 1 amide bonds. The monoisotopic (exact) mass is 399 g/mol. The fourth-order valence-electron chi connectivity index (χ4n) is 2.98. The van der Waals surface area contributed by atoms with Crippen LogP contribution < -0.4 is 10.1 Å². The van der Waals surface area contributed by atoms with Gasteiger partial charge in [-0.25, -0.2) is 0 Å². The summed E-state index contributed by atoms with van der Waals surface area (Å²) in [5, 5.41) is 14.5. The van der Waals surface area contributed by atoms with Gasteiger partial charge in [0.2, 0.25) is 0 Å². The van der Waals surface area contributed by atoms with E-state index >= 15 is 0 Å². The summed E-state index contributed by atoms with van der Waals surface area (Å²) in [7, 11) is 0. The second-order valence-corrected chi connectivity index (χ2v) is 7.42. The topological polar surface area (TPSA) is 58.6 Å².